The van der Waals surface area contributed by atoms with Crippen molar-refractivity contribution in [1.82, 2.24) is 20.4 Å². The highest BCUT2D eigenvalue weighted by Crippen LogP contribution is 2.11. The Bertz CT molecular complexity index is 540. The molecule has 5 heteroatoms. The van der Waals surface area contributed by atoms with Crippen molar-refractivity contribution in [2.24, 2.45) is 4.99 Å². The SMILES string of the molecule is CCCCCNC(=NCc1ccc(CN2CCCN(C)CC2)cc1)NCC. The zero-order valence-electron chi connectivity index (χ0n) is 17.6. The van der Waals surface area contributed by atoms with Crippen LogP contribution in [0, 0.1) is 0 Å². The first kappa shape index (κ1) is 21.7. The number of nitrogens with zero attached hydrogens (tertiary/aromatic N) is 3. The van der Waals surface area contributed by atoms with Crippen molar-refractivity contribution in [2.75, 3.05) is 46.3 Å². The molecule has 0 aliphatic carbocycles. The van der Waals surface area contributed by atoms with Gasteiger partial charge in [-0.05, 0) is 51.0 Å². The minimum absolute atomic E-state index is 0.720. The van der Waals surface area contributed by atoms with Gasteiger partial charge in [-0.25, -0.2) is 4.99 Å². The fourth-order valence-corrected chi connectivity index (χ4v) is 3.36. The largest absolute Gasteiger partial charge is 0.357 e. The Morgan fingerprint density at radius 3 is 2.48 bits per heavy atom. The van der Waals surface area contributed by atoms with Gasteiger partial charge in [-0.15, -0.1) is 0 Å². The molecular formula is C22H39N5. The van der Waals surface area contributed by atoms with Crippen molar-refractivity contribution >= 4 is 5.96 Å². The molecule has 1 heterocycles. The van der Waals surface area contributed by atoms with E-state index in [0.29, 0.717) is 0 Å². The maximum absolute atomic E-state index is 4.73. The highest BCUT2D eigenvalue weighted by Gasteiger charge is 2.12. The third kappa shape index (κ3) is 8.76. The van der Waals surface area contributed by atoms with Crippen molar-refractivity contribution < 1.29 is 0 Å². The molecule has 0 saturated carbocycles. The molecule has 0 aromatic heterocycles. The van der Waals surface area contributed by atoms with Crippen molar-refractivity contribution in [1.29, 1.82) is 0 Å². The van der Waals surface area contributed by atoms with Gasteiger partial charge in [-0.3, -0.25) is 4.90 Å². The van der Waals surface area contributed by atoms with Crippen molar-refractivity contribution in [3.63, 3.8) is 0 Å². The van der Waals surface area contributed by atoms with Crippen LogP contribution in [0.1, 0.15) is 50.7 Å². The van der Waals surface area contributed by atoms with Gasteiger partial charge in [0.2, 0.25) is 0 Å². The van der Waals surface area contributed by atoms with Gasteiger partial charge < -0.3 is 15.5 Å². The van der Waals surface area contributed by atoms with E-state index in [-0.39, 0.29) is 0 Å². The number of hydrogen-bond acceptors (Lipinski definition) is 3. The van der Waals surface area contributed by atoms with Gasteiger partial charge >= 0.3 is 0 Å². The number of likely N-dealkylation sites (N-methyl/N-ethyl adjacent to an activating group) is 1. The summed E-state index contributed by atoms with van der Waals surface area (Å²) < 4.78 is 0. The highest BCUT2D eigenvalue weighted by atomic mass is 15.2. The topological polar surface area (TPSA) is 42.9 Å². The molecule has 1 saturated heterocycles. The molecule has 0 spiro atoms. The predicted molar refractivity (Wildman–Crippen MR) is 116 cm³/mol. The molecule has 2 N–H and O–H groups in total. The molecule has 5 nitrogen and oxygen atoms in total. The summed E-state index contributed by atoms with van der Waals surface area (Å²) in [5.41, 5.74) is 2.66. The molecule has 1 aromatic carbocycles. The van der Waals surface area contributed by atoms with Gasteiger partial charge in [0.15, 0.2) is 5.96 Å². The van der Waals surface area contributed by atoms with Gasteiger partial charge in [-0.1, -0.05) is 44.0 Å². The fourth-order valence-electron chi connectivity index (χ4n) is 3.36. The van der Waals surface area contributed by atoms with Crippen LogP contribution in [0.5, 0.6) is 0 Å². The fraction of sp³-hybridized carbons (Fsp3) is 0.682. The molecular weight excluding hydrogens is 334 g/mol. The molecule has 0 amide bonds. The summed E-state index contributed by atoms with van der Waals surface area (Å²) in [7, 11) is 2.22. The maximum Gasteiger partial charge on any atom is 0.191 e. The summed E-state index contributed by atoms with van der Waals surface area (Å²) in [5.74, 6) is 0.923. The first-order chi connectivity index (χ1) is 13.2. The maximum atomic E-state index is 4.73. The molecule has 2 rings (SSSR count). The van der Waals surface area contributed by atoms with E-state index in [1.165, 1.54) is 56.4 Å². The normalized spacial score (nSPS) is 16.9. The Hall–Kier alpha value is -1.59. The van der Waals surface area contributed by atoms with E-state index in [1.54, 1.807) is 0 Å². The summed E-state index contributed by atoms with van der Waals surface area (Å²) >= 11 is 0. The van der Waals surface area contributed by atoms with E-state index < -0.39 is 0 Å². The number of guanidine groups is 1. The second kappa shape index (κ2) is 12.7. The lowest BCUT2D eigenvalue weighted by molar-refractivity contribution is 0.269. The molecule has 0 unspecified atom stereocenters. The van der Waals surface area contributed by atoms with Gasteiger partial charge in [0.05, 0.1) is 6.54 Å². The summed E-state index contributed by atoms with van der Waals surface area (Å²) in [5, 5.41) is 6.76. The minimum Gasteiger partial charge on any atom is -0.357 e. The molecule has 1 fully saturated rings. The van der Waals surface area contributed by atoms with Crippen LogP contribution >= 0.6 is 0 Å². The minimum atomic E-state index is 0.720. The Kier molecular flexibility index (Phi) is 10.2. The monoisotopic (exact) mass is 373 g/mol. The average molecular weight is 374 g/mol. The standard InChI is InChI=1S/C22H39N5/c1-4-6-7-13-24-22(23-5-2)25-18-20-9-11-21(12-10-20)19-27-15-8-14-26(3)16-17-27/h9-12H,4-8,13-19H2,1-3H3,(H2,23,24,25). The third-order valence-electron chi connectivity index (χ3n) is 5.08. The first-order valence-electron chi connectivity index (χ1n) is 10.7. The predicted octanol–water partition coefficient (Wildman–Crippen LogP) is 3.07. The van der Waals surface area contributed by atoms with Crippen molar-refractivity contribution in [3.05, 3.63) is 35.4 Å². The molecule has 0 bridgehead atoms. The lowest BCUT2D eigenvalue weighted by atomic mass is 10.1. The van der Waals surface area contributed by atoms with Crippen molar-refractivity contribution in [2.45, 2.75) is 52.6 Å². The summed E-state index contributed by atoms with van der Waals surface area (Å²) in [4.78, 5) is 9.73. The van der Waals surface area contributed by atoms with E-state index in [2.05, 4.69) is 65.6 Å². The molecule has 27 heavy (non-hydrogen) atoms. The Morgan fingerprint density at radius 2 is 1.74 bits per heavy atom. The van der Waals surface area contributed by atoms with Crippen molar-refractivity contribution in [3.8, 4) is 0 Å². The van der Waals surface area contributed by atoms with Crippen LogP contribution in [0.4, 0.5) is 0 Å². The quantitative estimate of drug-likeness (QED) is 0.397. The van der Waals surface area contributed by atoms with Crippen LogP contribution in [0.3, 0.4) is 0 Å². The third-order valence-corrected chi connectivity index (χ3v) is 5.08. The molecule has 1 aliphatic heterocycles. The Morgan fingerprint density at radius 1 is 0.963 bits per heavy atom. The molecule has 1 aliphatic rings. The number of hydrogen-bond donors (Lipinski definition) is 2. The number of aliphatic imine (C=N–C) groups is 1. The lowest BCUT2D eigenvalue weighted by Gasteiger charge is -2.20. The Balaban J connectivity index is 1.82. The van der Waals surface area contributed by atoms with Gasteiger partial charge in [0.1, 0.15) is 0 Å². The number of benzene rings is 1. The van der Waals surface area contributed by atoms with E-state index in [4.69, 9.17) is 4.99 Å². The van der Waals surface area contributed by atoms with Crippen LogP contribution in [0.25, 0.3) is 0 Å². The summed E-state index contributed by atoms with van der Waals surface area (Å²) in [6.45, 7) is 12.8. The van der Waals surface area contributed by atoms with Crippen LogP contribution in [0.2, 0.25) is 0 Å². The van der Waals surface area contributed by atoms with E-state index >= 15 is 0 Å². The molecule has 0 atom stereocenters. The Labute approximate surface area is 166 Å². The van der Waals surface area contributed by atoms with E-state index in [1.807, 2.05) is 0 Å². The van der Waals surface area contributed by atoms with Crippen LogP contribution in [-0.4, -0.2) is 62.1 Å². The van der Waals surface area contributed by atoms with Gasteiger partial charge in [-0.2, -0.15) is 0 Å². The second-order valence-corrected chi connectivity index (χ2v) is 7.58. The summed E-state index contributed by atoms with van der Waals surface area (Å²) in [6.07, 6.45) is 4.97. The second-order valence-electron chi connectivity index (χ2n) is 7.58. The number of nitrogens with one attached hydrogen (secondary N) is 2. The zero-order chi connectivity index (χ0) is 19.3. The first-order valence-corrected chi connectivity index (χ1v) is 10.7. The smallest absolute Gasteiger partial charge is 0.191 e. The molecule has 152 valence electrons. The number of rotatable bonds is 9. The number of unbranched alkanes of at least 4 members (excludes halogenated alkanes) is 2. The average Bonchev–Trinajstić information content (AvgIpc) is 2.88. The van der Waals surface area contributed by atoms with E-state index in [0.717, 1.165) is 38.7 Å². The van der Waals surface area contributed by atoms with Crippen LogP contribution in [-0.2, 0) is 13.1 Å². The lowest BCUT2D eigenvalue weighted by Crippen LogP contribution is -2.37. The molecule has 0 radical (unpaired) electrons. The molecule has 1 aromatic rings. The zero-order valence-corrected chi connectivity index (χ0v) is 17.6. The van der Waals surface area contributed by atoms with Crippen LogP contribution < -0.4 is 10.6 Å². The highest BCUT2D eigenvalue weighted by molar-refractivity contribution is 5.79. The van der Waals surface area contributed by atoms with Gasteiger partial charge in [0.25, 0.3) is 0 Å². The van der Waals surface area contributed by atoms with Crippen LogP contribution in [0.15, 0.2) is 29.3 Å². The summed E-state index contributed by atoms with van der Waals surface area (Å²) in [6, 6.07) is 8.98. The van der Waals surface area contributed by atoms with Gasteiger partial charge in [0, 0.05) is 32.7 Å². The van der Waals surface area contributed by atoms with E-state index in [9.17, 15) is 0 Å².